The van der Waals surface area contributed by atoms with E-state index < -0.39 is 43.2 Å². The third-order valence-corrected chi connectivity index (χ3v) is 14.2. The highest BCUT2D eigenvalue weighted by Gasteiger charge is 2.37. The molecule has 0 radical (unpaired) electrons. The Balaban J connectivity index is 0.950. The molecule has 3 aromatic carbocycles. The van der Waals surface area contributed by atoms with Gasteiger partial charge in [0.25, 0.3) is 21.6 Å². The monoisotopic (exact) mass is 848 g/mol. The number of carbonyl (C=O) groups is 1. The molecule has 1 aliphatic heterocycles. The van der Waals surface area contributed by atoms with Crippen molar-refractivity contribution in [1.29, 1.82) is 0 Å². The zero-order valence-corrected chi connectivity index (χ0v) is 34.5. The van der Waals surface area contributed by atoms with Gasteiger partial charge < -0.3 is 20.1 Å². The summed E-state index contributed by atoms with van der Waals surface area (Å²) in [6, 6.07) is 21.6. The van der Waals surface area contributed by atoms with Crippen molar-refractivity contribution < 1.29 is 32.4 Å². The molecule has 0 spiro atoms. The quantitative estimate of drug-likeness (QED) is 0.0660. The number of amides is 1. The summed E-state index contributed by atoms with van der Waals surface area (Å²) in [5.74, 6) is 0.145. The molecule has 4 N–H and O–H groups in total. The topological polar surface area (TPSA) is 180 Å². The molecule has 61 heavy (non-hydrogen) atoms. The summed E-state index contributed by atoms with van der Waals surface area (Å²) >= 11 is 0. The first-order chi connectivity index (χ1) is 29.4. The van der Waals surface area contributed by atoms with E-state index in [0.717, 1.165) is 60.9 Å². The number of nitrogens with one attached hydrogen (secondary N) is 3. The maximum atomic E-state index is 15.4. The van der Waals surface area contributed by atoms with Gasteiger partial charge in [-0.15, -0.1) is 0 Å². The van der Waals surface area contributed by atoms with Gasteiger partial charge in [-0.3, -0.25) is 19.8 Å². The Morgan fingerprint density at radius 1 is 1.02 bits per heavy atom. The van der Waals surface area contributed by atoms with Crippen molar-refractivity contribution >= 4 is 43.9 Å². The van der Waals surface area contributed by atoms with Crippen LogP contribution < -0.4 is 14.8 Å². The van der Waals surface area contributed by atoms with E-state index >= 15 is 4.39 Å². The maximum Gasteiger partial charge on any atom is 0.293 e. The molecule has 4 aliphatic rings. The lowest BCUT2D eigenvalue weighted by Crippen LogP contribution is -2.38. The molecule has 1 unspecified atom stereocenters. The summed E-state index contributed by atoms with van der Waals surface area (Å²) in [5.41, 5.74) is 3.19. The molecule has 0 bridgehead atoms. The van der Waals surface area contributed by atoms with E-state index in [2.05, 4.69) is 55.2 Å². The minimum Gasteiger partial charge on any atom is -0.455 e. The molecule has 2 atom stereocenters. The second kappa shape index (κ2) is 16.7. The van der Waals surface area contributed by atoms with Gasteiger partial charge in [-0.25, -0.2) is 22.5 Å². The number of hydrogen-bond donors (Lipinski definition) is 4. The van der Waals surface area contributed by atoms with E-state index in [1.54, 1.807) is 24.4 Å². The molecule has 15 heteroatoms. The molecule has 1 saturated heterocycles. The Bertz CT molecular complexity index is 2620. The number of H-pyrrole nitrogens is 1. The number of hydrogen-bond acceptors (Lipinski definition) is 10. The SMILES string of the molecule is O=C(NS(=O)(=O)c1ccc(NCC2(F)CCC(O)CC2)c([N+](=O)[O-])c1)c1ccc(C2=CCC(N3CCC[C@@H]3c3ccccc3C3CC3)CC2)cc1Oc1cnc2[nH]ccc2c1. The number of carbonyl (C=O) groups excluding carboxylic acids is 1. The van der Waals surface area contributed by atoms with E-state index in [0.29, 0.717) is 29.4 Å². The van der Waals surface area contributed by atoms with Crippen molar-refractivity contribution in [3.05, 3.63) is 124 Å². The lowest BCUT2D eigenvalue weighted by atomic mass is 9.85. The van der Waals surface area contributed by atoms with Crippen LogP contribution in [0.3, 0.4) is 0 Å². The second-order valence-corrected chi connectivity index (χ2v) is 18.6. The number of aliphatic hydroxyl groups is 1. The zero-order valence-electron chi connectivity index (χ0n) is 33.7. The van der Waals surface area contributed by atoms with Crippen molar-refractivity contribution in [2.24, 2.45) is 0 Å². The number of aliphatic hydroxyl groups excluding tert-OH is 1. The highest BCUT2D eigenvalue weighted by molar-refractivity contribution is 7.90. The largest absolute Gasteiger partial charge is 0.455 e. The number of nitrogens with zero attached hydrogens (tertiary/aromatic N) is 3. The summed E-state index contributed by atoms with van der Waals surface area (Å²) in [4.78, 5) is 34.9. The molecular formula is C46H49FN6O7S. The highest BCUT2D eigenvalue weighted by atomic mass is 32.2. The van der Waals surface area contributed by atoms with E-state index in [9.17, 15) is 28.4 Å². The molecule has 1 amide bonds. The van der Waals surface area contributed by atoms with Crippen LogP contribution in [0.5, 0.6) is 11.5 Å². The Labute approximate surface area is 353 Å². The Morgan fingerprint density at radius 2 is 1.82 bits per heavy atom. The van der Waals surface area contributed by atoms with Crippen molar-refractivity contribution in [3.63, 3.8) is 0 Å². The number of likely N-dealkylation sites (tertiary alicyclic amines) is 1. The van der Waals surface area contributed by atoms with Gasteiger partial charge in [0.05, 0.1) is 27.7 Å². The zero-order chi connectivity index (χ0) is 42.3. The summed E-state index contributed by atoms with van der Waals surface area (Å²) in [6.07, 6.45) is 13.2. The second-order valence-electron chi connectivity index (χ2n) is 17.0. The molecule has 318 valence electrons. The van der Waals surface area contributed by atoms with Crippen LogP contribution >= 0.6 is 0 Å². The maximum absolute atomic E-state index is 15.4. The third kappa shape index (κ3) is 8.77. The van der Waals surface area contributed by atoms with E-state index in [1.165, 1.54) is 48.7 Å². The number of allylic oxidation sites excluding steroid dienone is 1. The number of aromatic nitrogens is 2. The molecular weight excluding hydrogens is 800 g/mol. The van der Waals surface area contributed by atoms with Gasteiger partial charge in [-0.1, -0.05) is 36.4 Å². The lowest BCUT2D eigenvalue weighted by molar-refractivity contribution is -0.384. The molecule has 3 aliphatic carbocycles. The minimum absolute atomic E-state index is 0.0661. The number of benzene rings is 3. The van der Waals surface area contributed by atoms with E-state index in [4.69, 9.17) is 4.74 Å². The Hall–Kier alpha value is -5.64. The Kier molecular flexibility index (Phi) is 11.1. The fourth-order valence-electron chi connectivity index (χ4n) is 9.39. The summed E-state index contributed by atoms with van der Waals surface area (Å²) in [5, 5.41) is 25.4. The van der Waals surface area contributed by atoms with Gasteiger partial charge in [0.1, 0.15) is 28.5 Å². The number of rotatable bonds is 13. The first-order valence-electron chi connectivity index (χ1n) is 21.2. The molecule has 13 nitrogen and oxygen atoms in total. The summed E-state index contributed by atoms with van der Waals surface area (Å²) in [6.45, 7) is 0.822. The van der Waals surface area contributed by atoms with Crippen molar-refractivity contribution in [3.8, 4) is 11.5 Å². The first kappa shape index (κ1) is 40.7. The van der Waals surface area contributed by atoms with Crippen LogP contribution in [0.4, 0.5) is 15.8 Å². The van der Waals surface area contributed by atoms with Gasteiger partial charge in [0, 0.05) is 36.3 Å². The van der Waals surface area contributed by atoms with Crippen LogP contribution in [0.2, 0.25) is 0 Å². The van der Waals surface area contributed by atoms with E-state index in [1.807, 2.05) is 6.07 Å². The van der Waals surface area contributed by atoms with Gasteiger partial charge >= 0.3 is 0 Å². The van der Waals surface area contributed by atoms with Crippen LogP contribution in [0.1, 0.15) is 110 Å². The molecule has 5 aromatic rings. The normalized spacial score (nSPS) is 23.4. The number of sulfonamides is 1. The minimum atomic E-state index is -4.64. The average Bonchev–Trinajstić information content (AvgIpc) is 3.80. The number of ether oxygens (including phenoxy) is 1. The van der Waals surface area contributed by atoms with Crippen LogP contribution in [-0.2, 0) is 10.0 Å². The average molecular weight is 849 g/mol. The molecule has 3 heterocycles. The number of alkyl halides is 1. The lowest BCUT2D eigenvalue weighted by Gasteiger charge is -2.36. The van der Waals surface area contributed by atoms with Crippen LogP contribution in [-0.4, -0.2) is 70.1 Å². The molecule has 2 aromatic heterocycles. The number of nitro groups is 1. The number of pyridine rings is 1. The van der Waals surface area contributed by atoms with Crippen LogP contribution in [0.15, 0.2) is 96.2 Å². The summed E-state index contributed by atoms with van der Waals surface area (Å²) < 4.78 is 51.1. The summed E-state index contributed by atoms with van der Waals surface area (Å²) in [7, 11) is -4.64. The van der Waals surface area contributed by atoms with Crippen molar-refractivity contribution in [1.82, 2.24) is 19.6 Å². The fraction of sp³-hybridized carbons (Fsp3) is 0.391. The van der Waals surface area contributed by atoms with E-state index in [-0.39, 0.29) is 49.2 Å². The van der Waals surface area contributed by atoms with Crippen LogP contribution in [0, 0.1) is 10.1 Å². The predicted octanol–water partition coefficient (Wildman–Crippen LogP) is 9.09. The Morgan fingerprint density at radius 3 is 2.57 bits per heavy atom. The van der Waals surface area contributed by atoms with Crippen molar-refractivity contribution in [2.45, 2.75) is 105 Å². The first-order valence-corrected chi connectivity index (χ1v) is 22.7. The third-order valence-electron chi connectivity index (χ3n) is 12.9. The number of fused-ring (bicyclic) bond motifs is 1. The van der Waals surface area contributed by atoms with Gasteiger partial charge in [0.15, 0.2) is 0 Å². The van der Waals surface area contributed by atoms with Crippen LogP contribution in [0.25, 0.3) is 16.6 Å². The number of aromatic amines is 1. The van der Waals surface area contributed by atoms with Gasteiger partial charge in [-0.2, -0.15) is 0 Å². The smallest absolute Gasteiger partial charge is 0.293 e. The number of halogens is 1. The van der Waals surface area contributed by atoms with Crippen molar-refractivity contribution in [2.75, 3.05) is 18.4 Å². The molecule has 2 saturated carbocycles. The number of anilines is 1. The standard InChI is InChI=1S/C46H49FN6O7S/c47-46(20-17-34(54)18-21-46)28-50-40-16-14-36(26-42(40)53(56)57)61(58,59)51-45(55)39-15-11-31(25-43(39)60-35-24-32-19-22-48-44(32)49-27-35)29-9-12-33(13-10-29)52-23-3-6-41(52)38-5-2-1-4-37(38)30-7-8-30/h1-2,4-5,9,11,14-16,19,22,24-27,30,33-34,41,50,54H,3,6-8,10,12-13,17-18,20-21,23,28H2,(H,48,49)(H,51,55)/t33?,34?,41-,46?/m1/s1. The predicted molar refractivity (Wildman–Crippen MR) is 230 cm³/mol. The van der Waals surface area contributed by atoms with Gasteiger partial charge in [0.2, 0.25) is 0 Å². The fourth-order valence-corrected chi connectivity index (χ4v) is 10.4. The van der Waals surface area contributed by atoms with Gasteiger partial charge in [-0.05, 0) is 142 Å². The molecule has 9 rings (SSSR count). The molecule has 3 fully saturated rings. The number of nitro benzene ring substituents is 1. The highest BCUT2D eigenvalue weighted by Crippen LogP contribution is 2.47.